The van der Waals surface area contributed by atoms with Crippen LogP contribution in [0.5, 0.6) is 5.75 Å². The third kappa shape index (κ3) is 3.12. The van der Waals surface area contributed by atoms with Crippen molar-refractivity contribution in [2.24, 2.45) is 0 Å². The molecule has 0 radical (unpaired) electrons. The first kappa shape index (κ1) is 17.2. The van der Waals surface area contributed by atoms with E-state index in [0.717, 1.165) is 4.57 Å². The van der Waals surface area contributed by atoms with Crippen LogP contribution in [0.4, 0.5) is 0 Å². The van der Waals surface area contributed by atoms with Crippen molar-refractivity contribution in [2.75, 3.05) is 7.11 Å². The Balaban J connectivity index is 1.96. The van der Waals surface area contributed by atoms with E-state index in [1.165, 1.54) is 10.8 Å². The second kappa shape index (κ2) is 7.06. The molecule has 0 aliphatic rings. The molecule has 26 heavy (non-hydrogen) atoms. The monoisotopic (exact) mass is 353 g/mol. The second-order valence-electron chi connectivity index (χ2n) is 5.36. The molecule has 3 aromatic rings. The van der Waals surface area contributed by atoms with Crippen LogP contribution in [-0.2, 0) is 13.1 Å². The predicted molar refractivity (Wildman–Crippen MR) is 90.7 cm³/mol. The summed E-state index contributed by atoms with van der Waals surface area (Å²) in [6.07, 6.45) is 1.25. The van der Waals surface area contributed by atoms with Gasteiger partial charge in [-0.3, -0.25) is 13.9 Å². The molecule has 0 N–H and O–H groups in total. The van der Waals surface area contributed by atoms with Crippen molar-refractivity contribution in [3.8, 4) is 23.3 Å². The molecule has 0 bridgehead atoms. The maximum absolute atomic E-state index is 12.4. The van der Waals surface area contributed by atoms with Gasteiger partial charge in [0, 0.05) is 18.3 Å². The number of benzene rings is 1. The maximum Gasteiger partial charge on any atom is 0.331 e. The summed E-state index contributed by atoms with van der Waals surface area (Å²) in [7, 11) is 1.57. The first-order chi connectivity index (χ1) is 12.6. The number of hydrogen-bond acceptors (Lipinski definition) is 7. The zero-order valence-corrected chi connectivity index (χ0v) is 14.2. The highest BCUT2D eigenvalue weighted by Crippen LogP contribution is 2.20. The number of nitrogens with zero attached hydrogens (tertiary/aromatic N) is 5. The first-order valence-corrected chi connectivity index (χ1v) is 7.78. The van der Waals surface area contributed by atoms with Gasteiger partial charge in [0.2, 0.25) is 0 Å². The van der Waals surface area contributed by atoms with Gasteiger partial charge in [-0.1, -0.05) is 5.16 Å². The summed E-state index contributed by atoms with van der Waals surface area (Å²) in [5.74, 6) is 1.10. The Kier molecular flexibility index (Phi) is 4.66. The fourth-order valence-electron chi connectivity index (χ4n) is 2.41. The average Bonchev–Trinajstić information content (AvgIpc) is 3.14. The minimum absolute atomic E-state index is 0.120. The standard InChI is InChI=1S/C17H15N5O4/c1-3-21-9-12(8-18)16(23)22(17(21)24)10-14-19-15(26-20-14)11-4-6-13(25-2)7-5-11/h4-7,9H,3,10H2,1-2H3. The number of nitriles is 1. The van der Waals surface area contributed by atoms with E-state index >= 15 is 0 Å². The van der Waals surface area contributed by atoms with Gasteiger partial charge in [-0.05, 0) is 31.2 Å². The third-order valence-corrected chi connectivity index (χ3v) is 3.80. The van der Waals surface area contributed by atoms with E-state index in [0.29, 0.717) is 17.9 Å². The molecule has 3 rings (SSSR count). The lowest BCUT2D eigenvalue weighted by Crippen LogP contribution is -2.41. The molecule has 132 valence electrons. The maximum atomic E-state index is 12.4. The summed E-state index contributed by atoms with van der Waals surface area (Å²) in [5, 5.41) is 12.9. The van der Waals surface area contributed by atoms with Crippen LogP contribution in [0.15, 0.2) is 44.6 Å². The number of methoxy groups -OCH3 is 1. The summed E-state index contributed by atoms with van der Waals surface area (Å²) in [4.78, 5) is 28.8. The second-order valence-corrected chi connectivity index (χ2v) is 5.36. The molecule has 0 spiro atoms. The van der Waals surface area contributed by atoms with Crippen LogP contribution in [0, 0.1) is 11.3 Å². The number of aromatic nitrogens is 4. The van der Waals surface area contributed by atoms with Crippen LogP contribution in [0.25, 0.3) is 11.5 Å². The molecule has 0 fully saturated rings. The topological polar surface area (TPSA) is 116 Å². The quantitative estimate of drug-likeness (QED) is 0.672. The number of hydrogen-bond donors (Lipinski definition) is 0. The van der Waals surface area contributed by atoms with Gasteiger partial charge < -0.3 is 9.26 Å². The van der Waals surface area contributed by atoms with Crippen LogP contribution in [0.1, 0.15) is 18.3 Å². The van der Waals surface area contributed by atoms with Crippen LogP contribution in [0.3, 0.4) is 0 Å². The Labute approximate surface area is 147 Å². The number of rotatable bonds is 5. The largest absolute Gasteiger partial charge is 0.497 e. The van der Waals surface area contributed by atoms with Gasteiger partial charge in [0.1, 0.15) is 17.4 Å². The molecule has 0 saturated heterocycles. The van der Waals surface area contributed by atoms with Gasteiger partial charge in [-0.2, -0.15) is 10.2 Å². The highest BCUT2D eigenvalue weighted by Gasteiger charge is 2.15. The number of ether oxygens (including phenoxy) is 1. The Hall–Kier alpha value is -3.67. The molecule has 9 nitrogen and oxygen atoms in total. The SMILES string of the molecule is CCn1cc(C#N)c(=O)n(Cc2noc(-c3ccc(OC)cc3)n2)c1=O. The van der Waals surface area contributed by atoms with E-state index in [9.17, 15) is 9.59 Å². The van der Waals surface area contributed by atoms with Crippen LogP contribution in [-0.4, -0.2) is 26.4 Å². The van der Waals surface area contributed by atoms with Crippen molar-refractivity contribution < 1.29 is 9.26 Å². The van der Waals surface area contributed by atoms with Gasteiger partial charge in [-0.15, -0.1) is 0 Å². The fraction of sp³-hybridized carbons (Fsp3) is 0.235. The molecule has 0 unspecified atom stereocenters. The Morgan fingerprint density at radius 2 is 2.00 bits per heavy atom. The molecular formula is C17H15N5O4. The lowest BCUT2D eigenvalue weighted by molar-refractivity contribution is 0.413. The summed E-state index contributed by atoms with van der Waals surface area (Å²) in [5.41, 5.74) is -0.663. The van der Waals surface area contributed by atoms with Gasteiger partial charge in [-0.25, -0.2) is 4.79 Å². The van der Waals surface area contributed by atoms with Crippen molar-refractivity contribution in [1.82, 2.24) is 19.3 Å². The molecule has 1 aromatic carbocycles. The molecule has 0 aliphatic heterocycles. The van der Waals surface area contributed by atoms with Gasteiger partial charge >= 0.3 is 5.69 Å². The first-order valence-electron chi connectivity index (χ1n) is 7.78. The molecule has 2 aromatic heterocycles. The van der Waals surface area contributed by atoms with E-state index in [4.69, 9.17) is 14.5 Å². The van der Waals surface area contributed by atoms with Gasteiger partial charge in [0.25, 0.3) is 11.4 Å². The van der Waals surface area contributed by atoms with Crippen molar-refractivity contribution in [1.29, 1.82) is 5.26 Å². The summed E-state index contributed by atoms with van der Waals surface area (Å²) in [6.45, 7) is 1.89. The van der Waals surface area contributed by atoms with E-state index in [2.05, 4.69) is 10.1 Å². The minimum atomic E-state index is -0.682. The van der Waals surface area contributed by atoms with E-state index in [-0.39, 0.29) is 23.8 Å². The molecule has 0 amide bonds. The highest BCUT2D eigenvalue weighted by molar-refractivity contribution is 5.54. The highest BCUT2D eigenvalue weighted by atomic mass is 16.5. The fourth-order valence-corrected chi connectivity index (χ4v) is 2.41. The van der Waals surface area contributed by atoms with Gasteiger partial charge in [0.15, 0.2) is 5.82 Å². The Morgan fingerprint density at radius 3 is 2.62 bits per heavy atom. The molecule has 0 aliphatic carbocycles. The molecular weight excluding hydrogens is 338 g/mol. The van der Waals surface area contributed by atoms with Crippen LogP contribution >= 0.6 is 0 Å². The number of aryl methyl sites for hydroxylation is 1. The summed E-state index contributed by atoms with van der Waals surface area (Å²) >= 11 is 0. The summed E-state index contributed by atoms with van der Waals surface area (Å²) in [6, 6.07) is 8.80. The average molecular weight is 353 g/mol. The summed E-state index contributed by atoms with van der Waals surface area (Å²) < 4.78 is 12.5. The Morgan fingerprint density at radius 1 is 1.27 bits per heavy atom. The Bertz CT molecular complexity index is 1090. The van der Waals surface area contributed by atoms with Crippen LogP contribution in [0.2, 0.25) is 0 Å². The predicted octanol–water partition coefficient (Wildman–Crippen LogP) is 1.01. The minimum Gasteiger partial charge on any atom is -0.497 e. The van der Waals surface area contributed by atoms with E-state index in [1.54, 1.807) is 44.4 Å². The zero-order chi connectivity index (χ0) is 18.7. The molecule has 9 heteroatoms. The molecule has 0 saturated carbocycles. The third-order valence-electron chi connectivity index (χ3n) is 3.80. The van der Waals surface area contributed by atoms with Crippen molar-refractivity contribution in [3.63, 3.8) is 0 Å². The molecule has 2 heterocycles. The van der Waals surface area contributed by atoms with Crippen molar-refractivity contribution >= 4 is 0 Å². The van der Waals surface area contributed by atoms with Gasteiger partial charge in [0.05, 0.1) is 13.7 Å². The normalized spacial score (nSPS) is 10.5. The molecule has 0 atom stereocenters. The lowest BCUT2D eigenvalue weighted by Gasteiger charge is -2.07. The lowest BCUT2D eigenvalue weighted by atomic mass is 10.2. The van der Waals surface area contributed by atoms with Crippen molar-refractivity contribution in [3.05, 3.63) is 62.7 Å². The van der Waals surface area contributed by atoms with Crippen LogP contribution < -0.4 is 16.0 Å². The van der Waals surface area contributed by atoms with E-state index < -0.39 is 11.2 Å². The smallest absolute Gasteiger partial charge is 0.331 e. The van der Waals surface area contributed by atoms with E-state index in [1.807, 2.05) is 0 Å². The van der Waals surface area contributed by atoms with Crippen molar-refractivity contribution in [2.45, 2.75) is 20.0 Å². The zero-order valence-electron chi connectivity index (χ0n) is 14.2.